The fourth-order valence-corrected chi connectivity index (χ4v) is 3.55. The molecule has 0 bridgehead atoms. The zero-order valence-electron chi connectivity index (χ0n) is 13.3. The van der Waals surface area contributed by atoms with E-state index in [0.717, 1.165) is 39.1 Å². The predicted octanol–water partition coefficient (Wildman–Crippen LogP) is 2.65. The Hall–Kier alpha value is -0.320. The van der Waals surface area contributed by atoms with Gasteiger partial charge in [-0.1, -0.05) is 19.3 Å². The molecule has 1 amide bonds. The van der Waals surface area contributed by atoms with Crippen LogP contribution in [0.3, 0.4) is 0 Å². The molecule has 2 N–H and O–H groups in total. The third-order valence-corrected chi connectivity index (χ3v) is 4.91. The SMILES string of the molecule is CCOCCC1(CNC(=O)C2CCCCN2)CCCC1.Cl. The monoisotopic (exact) mass is 318 g/mol. The molecule has 0 spiro atoms. The highest BCUT2D eigenvalue weighted by atomic mass is 35.5. The quantitative estimate of drug-likeness (QED) is 0.710. The van der Waals surface area contributed by atoms with Gasteiger partial charge in [0.25, 0.3) is 0 Å². The van der Waals surface area contributed by atoms with Crippen LogP contribution in [0.15, 0.2) is 0 Å². The number of hydrogen-bond acceptors (Lipinski definition) is 3. The highest BCUT2D eigenvalue weighted by molar-refractivity contribution is 5.85. The van der Waals surface area contributed by atoms with E-state index in [1.807, 2.05) is 6.92 Å². The van der Waals surface area contributed by atoms with Crippen LogP contribution in [-0.4, -0.2) is 38.3 Å². The Morgan fingerprint density at radius 3 is 2.67 bits per heavy atom. The average molecular weight is 319 g/mol. The number of amides is 1. The van der Waals surface area contributed by atoms with E-state index in [1.165, 1.54) is 38.5 Å². The maximum Gasteiger partial charge on any atom is 0.237 e. The summed E-state index contributed by atoms with van der Waals surface area (Å²) in [6, 6.07) is 0.0362. The van der Waals surface area contributed by atoms with Crippen LogP contribution in [0.2, 0.25) is 0 Å². The van der Waals surface area contributed by atoms with Crippen molar-refractivity contribution in [1.29, 1.82) is 0 Å². The van der Waals surface area contributed by atoms with Crippen molar-refractivity contribution in [3.63, 3.8) is 0 Å². The van der Waals surface area contributed by atoms with Crippen molar-refractivity contribution in [1.82, 2.24) is 10.6 Å². The first kappa shape index (κ1) is 18.7. The van der Waals surface area contributed by atoms with Gasteiger partial charge in [0.05, 0.1) is 6.04 Å². The predicted molar refractivity (Wildman–Crippen MR) is 87.9 cm³/mol. The van der Waals surface area contributed by atoms with E-state index >= 15 is 0 Å². The van der Waals surface area contributed by atoms with Gasteiger partial charge in [0, 0.05) is 19.8 Å². The normalized spacial score (nSPS) is 24.3. The molecular formula is C16H31ClN2O2. The van der Waals surface area contributed by atoms with Crippen LogP contribution in [0.25, 0.3) is 0 Å². The second kappa shape index (κ2) is 9.65. The van der Waals surface area contributed by atoms with Gasteiger partial charge in [-0.2, -0.15) is 0 Å². The van der Waals surface area contributed by atoms with Crippen LogP contribution in [-0.2, 0) is 9.53 Å². The van der Waals surface area contributed by atoms with Crippen molar-refractivity contribution in [3.05, 3.63) is 0 Å². The molecule has 2 fully saturated rings. The van der Waals surface area contributed by atoms with Gasteiger partial charge in [0.15, 0.2) is 0 Å². The lowest BCUT2D eigenvalue weighted by Crippen LogP contribution is -2.49. The van der Waals surface area contributed by atoms with Crippen LogP contribution < -0.4 is 10.6 Å². The number of nitrogens with one attached hydrogen (secondary N) is 2. The van der Waals surface area contributed by atoms with Crippen molar-refractivity contribution < 1.29 is 9.53 Å². The van der Waals surface area contributed by atoms with Crippen molar-refractivity contribution in [3.8, 4) is 0 Å². The summed E-state index contributed by atoms with van der Waals surface area (Å²) >= 11 is 0. The molecular weight excluding hydrogens is 288 g/mol. The standard InChI is InChI=1S/C16H30N2O2.ClH/c1-2-20-12-10-16(8-4-5-9-16)13-18-15(19)14-7-3-6-11-17-14;/h14,17H,2-13H2,1H3,(H,18,19);1H. The lowest BCUT2D eigenvalue weighted by Gasteiger charge is -2.31. The number of halogens is 1. The Balaban J connectivity index is 0.00000220. The maximum atomic E-state index is 12.2. The average Bonchev–Trinajstić information content (AvgIpc) is 2.95. The molecule has 1 unspecified atom stereocenters. The van der Waals surface area contributed by atoms with Crippen molar-refractivity contribution >= 4 is 18.3 Å². The van der Waals surface area contributed by atoms with Gasteiger partial charge in [-0.25, -0.2) is 0 Å². The van der Waals surface area contributed by atoms with Crippen LogP contribution in [0.1, 0.15) is 58.3 Å². The second-order valence-corrected chi connectivity index (χ2v) is 6.37. The molecule has 4 nitrogen and oxygen atoms in total. The van der Waals surface area contributed by atoms with Gasteiger partial charge >= 0.3 is 0 Å². The van der Waals surface area contributed by atoms with Crippen molar-refractivity contribution in [2.45, 2.75) is 64.3 Å². The van der Waals surface area contributed by atoms with E-state index in [4.69, 9.17) is 4.74 Å². The Kier molecular flexibility index (Phi) is 8.60. The van der Waals surface area contributed by atoms with E-state index in [-0.39, 0.29) is 24.4 Å². The largest absolute Gasteiger partial charge is 0.382 e. The number of rotatable bonds is 7. The molecule has 21 heavy (non-hydrogen) atoms. The van der Waals surface area contributed by atoms with Gasteiger partial charge in [-0.05, 0) is 51.0 Å². The summed E-state index contributed by atoms with van der Waals surface area (Å²) in [4.78, 5) is 12.2. The zero-order valence-corrected chi connectivity index (χ0v) is 14.1. The third kappa shape index (κ3) is 5.76. The van der Waals surface area contributed by atoms with Crippen molar-refractivity contribution in [2.75, 3.05) is 26.3 Å². The van der Waals surface area contributed by atoms with Gasteiger partial charge in [-0.15, -0.1) is 12.4 Å². The lowest BCUT2D eigenvalue weighted by atomic mass is 9.82. The maximum absolute atomic E-state index is 12.2. The topological polar surface area (TPSA) is 50.4 Å². The molecule has 1 atom stereocenters. The Morgan fingerprint density at radius 1 is 1.29 bits per heavy atom. The van der Waals surface area contributed by atoms with E-state index in [9.17, 15) is 4.79 Å². The fraction of sp³-hybridized carbons (Fsp3) is 0.938. The molecule has 0 aromatic heterocycles. The second-order valence-electron chi connectivity index (χ2n) is 6.37. The molecule has 2 aliphatic rings. The van der Waals surface area contributed by atoms with E-state index < -0.39 is 0 Å². The molecule has 1 aliphatic carbocycles. The minimum absolute atomic E-state index is 0. The van der Waals surface area contributed by atoms with Crippen LogP contribution in [0, 0.1) is 5.41 Å². The van der Waals surface area contributed by atoms with Crippen molar-refractivity contribution in [2.24, 2.45) is 5.41 Å². The number of carbonyl (C=O) groups is 1. The summed E-state index contributed by atoms with van der Waals surface area (Å²) in [5.41, 5.74) is 0.291. The molecule has 1 aliphatic heterocycles. The van der Waals surface area contributed by atoms with Gasteiger partial charge in [0.2, 0.25) is 5.91 Å². The molecule has 0 aromatic carbocycles. The first-order chi connectivity index (χ1) is 9.76. The minimum atomic E-state index is 0. The van der Waals surface area contributed by atoms with Crippen LogP contribution in [0.4, 0.5) is 0 Å². The van der Waals surface area contributed by atoms with Crippen LogP contribution in [0.5, 0.6) is 0 Å². The van der Waals surface area contributed by atoms with E-state index in [1.54, 1.807) is 0 Å². The highest BCUT2D eigenvalue weighted by Crippen LogP contribution is 2.40. The third-order valence-electron chi connectivity index (χ3n) is 4.91. The molecule has 5 heteroatoms. The Morgan fingerprint density at radius 2 is 2.05 bits per heavy atom. The summed E-state index contributed by atoms with van der Waals surface area (Å²) in [7, 11) is 0. The van der Waals surface area contributed by atoms with Gasteiger partial charge in [0.1, 0.15) is 0 Å². The molecule has 0 radical (unpaired) electrons. The summed E-state index contributed by atoms with van der Waals surface area (Å²) < 4.78 is 5.52. The summed E-state index contributed by atoms with van der Waals surface area (Å²) in [5, 5.41) is 6.53. The van der Waals surface area contributed by atoms with Gasteiger partial charge < -0.3 is 15.4 Å². The lowest BCUT2D eigenvalue weighted by molar-refractivity contribution is -0.124. The van der Waals surface area contributed by atoms with Gasteiger partial charge in [-0.3, -0.25) is 4.79 Å². The van der Waals surface area contributed by atoms with E-state index in [0.29, 0.717) is 5.41 Å². The molecule has 1 saturated carbocycles. The van der Waals surface area contributed by atoms with Crippen LogP contribution >= 0.6 is 12.4 Å². The number of carbonyl (C=O) groups excluding carboxylic acids is 1. The minimum Gasteiger partial charge on any atom is -0.382 e. The number of ether oxygens (including phenoxy) is 1. The van der Waals surface area contributed by atoms with E-state index in [2.05, 4.69) is 10.6 Å². The molecule has 0 aromatic rings. The molecule has 124 valence electrons. The number of hydrogen-bond donors (Lipinski definition) is 2. The number of piperidine rings is 1. The fourth-order valence-electron chi connectivity index (χ4n) is 3.55. The smallest absolute Gasteiger partial charge is 0.237 e. The first-order valence-corrected chi connectivity index (χ1v) is 8.35. The molecule has 2 rings (SSSR count). The first-order valence-electron chi connectivity index (χ1n) is 8.35. The molecule has 1 saturated heterocycles. The Labute approximate surface area is 135 Å². The summed E-state index contributed by atoms with van der Waals surface area (Å²) in [5.74, 6) is 0.201. The Bertz CT molecular complexity index is 301. The highest BCUT2D eigenvalue weighted by Gasteiger charge is 2.34. The summed E-state index contributed by atoms with van der Waals surface area (Å²) in [6.45, 7) is 5.46. The zero-order chi connectivity index (χ0) is 14.3. The summed E-state index contributed by atoms with van der Waals surface area (Å²) in [6.07, 6.45) is 9.49. The molecule has 1 heterocycles.